The molecule has 0 saturated carbocycles. The summed E-state index contributed by atoms with van der Waals surface area (Å²) in [7, 11) is 1.22. The third-order valence-corrected chi connectivity index (χ3v) is 7.42. The number of urea groups is 1. The number of sulfonamides is 1. The molecule has 0 fully saturated rings. The van der Waals surface area contributed by atoms with Crippen LogP contribution in [-0.2, 0) is 23.0 Å². The molecule has 0 unspecified atom stereocenters. The second-order valence-electron chi connectivity index (χ2n) is 6.37. The molecule has 2 heterocycles. The molecule has 1 aromatic heterocycles. The number of carbonyl (C=O) groups is 1. The van der Waals surface area contributed by atoms with E-state index >= 15 is 0 Å². The maximum Gasteiger partial charge on any atom is 0.325 e. The molecule has 10 nitrogen and oxygen atoms in total. The first-order chi connectivity index (χ1) is 14.3. The second-order valence-corrected chi connectivity index (χ2v) is 9.71. The highest BCUT2D eigenvalue weighted by molar-refractivity contribution is 7.89. The number of thiazole rings is 1. The molecule has 30 heavy (non-hydrogen) atoms. The van der Waals surface area contributed by atoms with E-state index in [0.717, 1.165) is 10.6 Å². The fourth-order valence-electron chi connectivity index (χ4n) is 3.06. The van der Waals surface area contributed by atoms with E-state index in [2.05, 4.69) is 15.6 Å². The normalized spacial score (nSPS) is 14.0. The monoisotopic (exact) mass is 456 g/mol. The minimum absolute atomic E-state index is 0.0590. The van der Waals surface area contributed by atoms with Crippen molar-refractivity contribution in [3.8, 4) is 17.2 Å². The number of rotatable bonds is 7. The standard InChI is InChI=1S/C18H24N4O6S2/c1-5-30(24,25)22-7-6-12-15(10-22)29-18(20-12)21-17(23)19-11-8-13(26-2)16(28-4)14(9-11)27-3/h8-9H,5-7,10H2,1-4H3,(H2,19,20,21,23). The van der Waals surface area contributed by atoms with Crippen molar-refractivity contribution in [1.29, 1.82) is 0 Å². The summed E-state index contributed by atoms with van der Waals surface area (Å²) in [4.78, 5) is 17.7. The second kappa shape index (κ2) is 9.06. The van der Waals surface area contributed by atoms with Crippen LogP contribution in [0.25, 0.3) is 0 Å². The first kappa shape index (κ1) is 22.1. The van der Waals surface area contributed by atoms with E-state index in [1.165, 1.54) is 37.0 Å². The number of amides is 2. The van der Waals surface area contributed by atoms with Crippen molar-refractivity contribution in [3.63, 3.8) is 0 Å². The highest BCUT2D eigenvalue weighted by atomic mass is 32.2. The van der Waals surface area contributed by atoms with Crippen molar-refractivity contribution < 1.29 is 27.4 Å². The molecular weight excluding hydrogens is 432 g/mol. The van der Waals surface area contributed by atoms with E-state index < -0.39 is 16.1 Å². The van der Waals surface area contributed by atoms with E-state index in [-0.39, 0.29) is 12.3 Å². The molecule has 1 aliphatic heterocycles. The summed E-state index contributed by atoms with van der Waals surface area (Å²) in [6.07, 6.45) is 0.515. The number of nitrogens with one attached hydrogen (secondary N) is 2. The number of fused-ring (bicyclic) bond motifs is 1. The topological polar surface area (TPSA) is 119 Å². The van der Waals surface area contributed by atoms with Gasteiger partial charge in [-0.05, 0) is 6.92 Å². The van der Waals surface area contributed by atoms with Crippen molar-refractivity contribution in [1.82, 2.24) is 9.29 Å². The van der Waals surface area contributed by atoms with E-state index in [1.807, 2.05) is 0 Å². The summed E-state index contributed by atoms with van der Waals surface area (Å²) in [5.41, 5.74) is 1.26. The molecule has 2 N–H and O–H groups in total. The predicted molar refractivity (Wildman–Crippen MR) is 114 cm³/mol. The van der Waals surface area contributed by atoms with Crippen molar-refractivity contribution in [2.75, 3.05) is 44.3 Å². The highest BCUT2D eigenvalue weighted by Crippen LogP contribution is 2.40. The molecule has 3 rings (SSSR count). The Morgan fingerprint density at radius 2 is 1.83 bits per heavy atom. The number of methoxy groups -OCH3 is 3. The Bertz CT molecular complexity index is 1010. The maximum absolute atomic E-state index is 12.4. The third kappa shape index (κ3) is 4.60. The minimum Gasteiger partial charge on any atom is -0.493 e. The number of anilines is 2. The van der Waals surface area contributed by atoms with Gasteiger partial charge in [0.05, 0.1) is 38.5 Å². The lowest BCUT2D eigenvalue weighted by atomic mass is 10.2. The number of benzene rings is 1. The Morgan fingerprint density at radius 1 is 1.17 bits per heavy atom. The molecule has 164 valence electrons. The van der Waals surface area contributed by atoms with Gasteiger partial charge in [0.15, 0.2) is 16.6 Å². The lowest BCUT2D eigenvalue weighted by molar-refractivity contribution is 0.262. The zero-order chi connectivity index (χ0) is 21.9. The number of aromatic nitrogens is 1. The number of carbonyl (C=O) groups excluding carboxylic acids is 1. The molecule has 0 aliphatic carbocycles. The minimum atomic E-state index is -3.26. The predicted octanol–water partition coefficient (Wildman–Crippen LogP) is 2.52. The largest absolute Gasteiger partial charge is 0.493 e. The lowest BCUT2D eigenvalue weighted by Crippen LogP contribution is -2.36. The van der Waals surface area contributed by atoms with Gasteiger partial charge in [-0.1, -0.05) is 11.3 Å². The number of ether oxygens (including phenoxy) is 3. The summed E-state index contributed by atoms with van der Waals surface area (Å²) in [6.45, 7) is 2.29. The average molecular weight is 457 g/mol. The van der Waals surface area contributed by atoms with Gasteiger partial charge in [0.25, 0.3) is 0 Å². The highest BCUT2D eigenvalue weighted by Gasteiger charge is 2.28. The Balaban J connectivity index is 1.71. The third-order valence-electron chi connectivity index (χ3n) is 4.60. The molecule has 1 aromatic carbocycles. The number of nitrogens with zero attached hydrogens (tertiary/aromatic N) is 2. The average Bonchev–Trinajstić information content (AvgIpc) is 3.13. The van der Waals surface area contributed by atoms with Crippen LogP contribution in [0.1, 0.15) is 17.5 Å². The van der Waals surface area contributed by atoms with Gasteiger partial charge in [0.2, 0.25) is 15.8 Å². The van der Waals surface area contributed by atoms with Crippen LogP contribution in [0.4, 0.5) is 15.6 Å². The first-order valence-corrected chi connectivity index (χ1v) is 11.6. The van der Waals surface area contributed by atoms with Crippen molar-refractivity contribution in [2.24, 2.45) is 0 Å². The summed E-state index contributed by atoms with van der Waals surface area (Å²) >= 11 is 1.27. The van der Waals surface area contributed by atoms with Crippen LogP contribution in [0.5, 0.6) is 17.2 Å². The quantitative estimate of drug-likeness (QED) is 0.657. The molecular formula is C18H24N4O6S2. The Kier molecular flexibility index (Phi) is 6.68. The SMILES string of the molecule is CCS(=O)(=O)N1CCc2nc(NC(=O)Nc3cc(OC)c(OC)c(OC)c3)sc2C1. The Hall–Kier alpha value is -2.57. The van der Waals surface area contributed by atoms with Crippen LogP contribution < -0.4 is 24.8 Å². The van der Waals surface area contributed by atoms with Crippen molar-refractivity contribution >= 4 is 38.2 Å². The molecule has 2 aromatic rings. The van der Waals surface area contributed by atoms with E-state index in [1.54, 1.807) is 19.1 Å². The zero-order valence-electron chi connectivity index (χ0n) is 17.1. The van der Waals surface area contributed by atoms with Gasteiger partial charge in [-0.3, -0.25) is 5.32 Å². The smallest absolute Gasteiger partial charge is 0.325 e. The van der Waals surface area contributed by atoms with Gasteiger partial charge in [0.1, 0.15) is 0 Å². The van der Waals surface area contributed by atoms with Gasteiger partial charge in [0, 0.05) is 36.5 Å². The van der Waals surface area contributed by atoms with Gasteiger partial charge in [-0.15, -0.1) is 0 Å². The summed E-state index contributed by atoms with van der Waals surface area (Å²) in [6, 6.07) is 2.73. The molecule has 0 bridgehead atoms. The van der Waals surface area contributed by atoms with Gasteiger partial charge < -0.3 is 19.5 Å². The van der Waals surface area contributed by atoms with Crippen molar-refractivity contribution in [2.45, 2.75) is 19.9 Å². The molecule has 0 saturated heterocycles. The molecule has 0 atom stereocenters. The molecule has 12 heteroatoms. The van der Waals surface area contributed by atoms with Crippen LogP contribution in [0.2, 0.25) is 0 Å². The van der Waals surface area contributed by atoms with Crippen LogP contribution in [0, 0.1) is 0 Å². The molecule has 0 radical (unpaired) electrons. The summed E-state index contributed by atoms with van der Waals surface area (Å²) < 4.78 is 41.5. The number of hydrogen-bond acceptors (Lipinski definition) is 8. The number of hydrogen-bond donors (Lipinski definition) is 2. The van der Waals surface area contributed by atoms with Crippen LogP contribution in [-0.4, -0.2) is 57.4 Å². The van der Waals surface area contributed by atoms with Crippen LogP contribution in [0.3, 0.4) is 0 Å². The van der Waals surface area contributed by atoms with Crippen molar-refractivity contribution in [3.05, 3.63) is 22.7 Å². The molecule has 2 amide bonds. The van der Waals surface area contributed by atoms with E-state index in [4.69, 9.17) is 14.2 Å². The van der Waals surface area contributed by atoms with Crippen LogP contribution in [0.15, 0.2) is 12.1 Å². The van der Waals surface area contributed by atoms with E-state index in [0.29, 0.717) is 41.0 Å². The Labute approximate surface area is 179 Å². The Morgan fingerprint density at radius 3 is 2.40 bits per heavy atom. The fraction of sp³-hybridized carbons (Fsp3) is 0.444. The zero-order valence-corrected chi connectivity index (χ0v) is 18.8. The van der Waals surface area contributed by atoms with Gasteiger partial charge in [-0.25, -0.2) is 18.2 Å². The molecule has 0 spiro atoms. The van der Waals surface area contributed by atoms with Gasteiger partial charge >= 0.3 is 6.03 Å². The maximum atomic E-state index is 12.4. The van der Waals surface area contributed by atoms with Crippen LogP contribution >= 0.6 is 11.3 Å². The first-order valence-electron chi connectivity index (χ1n) is 9.15. The fourth-order valence-corrected chi connectivity index (χ4v) is 5.22. The summed E-state index contributed by atoms with van der Waals surface area (Å²) in [5, 5.41) is 5.81. The lowest BCUT2D eigenvalue weighted by Gasteiger charge is -2.24. The van der Waals surface area contributed by atoms with Gasteiger partial charge in [-0.2, -0.15) is 4.31 Å². The molecule has 1 aliphatic rings. The summed E-state index contributed by atoms with van der Waals surface area (Å²) in [5.74, 6) is 1.30. The van der Waals surface area contributed by atoms with E-state index in [9.17, 15) is 13.2 Å².